The molecule has 4 N–H and O–H groups in total. The van der Waals surface area contributed by atoms with Crippen LogP contribution in [0, 0.1) is 23.2 Å². The summed E-state index contributed by atoms with van der Waals surface area (Å²) >= 11 is 0. The van der Waals surface area contributed by atoms with Crippen molar-refractivity contribution in [2.75, 3.05) is 51.1 Å². The first kappa shape index (κ1) is 44.2. The molecule has 0 spiro atoms. The molecule has 0 aliphatic carbocycles. The summed E-state index contributed by atoms with van der Waals surface area (Å²) in [6.45, 7) is 15.0. The first-order chi connectivity index (χ1) is 28.2. The minimum absolute atomic E-state index is 0.0311. The second-order valence-corrected chi connectivity index (χ2v) is 17.4. The summed E-state index contributed by atoms with van der Waals surface area (Å²) in [6, 6.07) is 8.23. The number of nitrogens with one attached hydrogen (secondary N) is 3. The van der Waals surface area contributed by atoms with Gasteiger partial charge in [-0.05, 0) is 48.8 Å². The van der Waals surface area contributed by atoms with Crippen LogP contribution in [0.2, 0.25) is 0 Å². The number of nitrogens with zero attached hydrogens (tertiary/aromatic N) is 5. The normalized spacial score (nSPS) is 20.0. The molecule has 0 unspecified atom stereocenters. The fourth-order valence-electron chi connectivity index (χ4n) is 8.35. The number of alkyl halides is 3. The zero-order valence-electron chi connectivity index (χ0n) is 34.7. The molecule has 3 fully saturated rings. The average molecular weight is 843 g/mol. The highest BCUT2D eigenvalue weighted by Crippen LogP contribution is 2.39. The van der Waals surface area contributed by atoms with Crippen LogP contribution in [0.1, 0.15) is 72.7 Å². The molecule has 4 heterocycles. The SMILES string of the molecule is CC(C)[C@H](NC(=O)O)C(=O)N1C[C@@H](C)C[C@H]1c1nc(-c2ccc(-c3ccc(NC(=O)N4CCN(C5CCN(C(=O)C(C)(C)C)CC5)CC4)cc3OC(F)(F)F)cc2)c(F)[nH]1. The van der Waals surface area contributed by atoms with E-state index in [-0.39, 0.29) is 40.5 Å². The van der Waals surface area contributed by atoms with Gasteiger partial charge in [-0.15, -0.1) is 13.2 Å². The van der Waals surface area contributed by atoms with Crippen molar-refractivity contribution in [2.45, 2.75) is 85.3 Å². The third-order valence-corrected chi connectivity index (χ3v) is 11.4. The van der Waals surface area contributed by atoms with E-state index in [1.807, 2.05) is 32.6 Å². The lowest BCUT2D eigenvalue weighted by Gasteiger charge is -2.43. The summed E-state index contributed by atoms with van der Waals surface area (Å²) in [4.78, 5) is 65.4. The number of imidazole rings is 1. The topological polar surface area (TPSA) is 163 Å². The Morgan fingerprint density at radius 2 is 1.55 bits per heavy atom. The van der Waals surface area contributed by atoms with Gasteiger partial charge in [0.1, 0.15) is 23.3 Å². The number of aromatic amines is 1. The Bertz CT molecular complexity index is 2040. The third kappa shape index (κ3) is 10.3. The van der Waals surface area contributed by atoms with Crippen molar-refractivity contribution in [3.63, 3.8) is 0 Å². The van der Waals surface area contributed by atoms with E-state index >= 15 is 4.39 Å². The van der Waals surface area contributed by atoms with Crippen LogP contribution in [0.25, 0.3) is 22.4 Å². The number of rotatable bonds is 9. The molecule has 3 atom stereocenters. The van der Waals surface area contributed by atoms with Crippen LogP contribution < -0.4 is 15.4 Å². The summed E-state index contributed by atoms with van der Waals surface area (Å²) in [7, 11) is 0. The number of hydrogen-bond donors (Lipinski definition) is 4. The Balaban J connectivity index is 1.11. The lowest BCUT2D eigenvalue weighted by atomic mass is 9.92. The molecule has 5 amide bonds. The highest BCUT2D eigenvalue weighted by molar-refractivity contribution is 5.91. The van der Waals surface area contributed by atoms with Crippen molar-refractivity contribution in [3.8, 4) is 28.1 Å². The van der Waals surface area contributed by atoms with Gasteiger partial charge >= 0.3 is 18.5 Å². The number of halogens is 4. The van der Waals surface area contributed by atoms with Crippen molar-refractivity contribution in [1.29, 1.82) is 0 Å². The Hall–Kier alpha value is -5.39. The number of anilines is 1. The molecule has 3 aliphatic heterocycles. The number of ether oxygens (including phenoxy) is 1. The van der Waals surface area contributed by atoms with E-state index in [4.69, 9.17) is 0 Å². The summed E-state index contributed by atoms with van der Waals surface area (Å²) in [5, 5.41) is 14.3. The largest absolute Gasteiger partial charge is 0.573 e. The van der Waals surface area contributed by atoms with Crippen LogP contribution in [0.3, 0.4) is 0 Å². The van der Waals surface area contributed by atoms with Crippen molar-refractivity contribution < 1.29 is 46.6 Å². The standard InChI is InChI=1S/C42H54F4N8O6/c1-24(2)33(49-40(58)59)37(55)54-23-25(3)21-31(54)36-48-34(35(43)50-36)27-9-7-26(8-10-27)30-12-11-28(22-32(30)60-42(44,45)46)47-39(57)53-19-17-51(18-20-53)29-13-15-52(16-14-29)38(56)41(4,5)6/h7-12,22,24-25,29,31,33,49H,13-21,23H2,1-6H3,(H,47,57)(H,48,50)(H,58,59)/t25-,31-,33-/m0/s1. The smallest absolute Gasteiger partial charge is 0.465 e. The van der Waals surface area contributed by atoms with Crippen molar-refractivity contribution in [2.24, 2.45) is 17.3 Å². The molecular weight excluding hydrogens is 789 g/mol. The van der Waals surface area contributed by atoms with Gasteiger partial charge in [-0.3, -0.25) is 14.5 Å². The molecule has 3 aromatic rings. The number of carboxylic acid groups (broad SMARTS) is 1. The molecule has 0 radical (unpaired) electrons. The second kappa shape index (κ2) is 17.7. The second-order valence-electron chi connectivity index (χ2n) is 17.4. The molecule has 6 rings (SSSR count). The van der Waals surface area contributed by atoms with Gasteiger partial charge in [0.25, 0.3) is 0 Å². The lowest BCUT2D eigenvalue weighted by molar-refractivity contribution is -0.274. The maximum atomic E-state index is 15.5. The Morgan fingerprint density at radius 1 is 0.917 bits per heavy atom. The Kier molecular flexibility index (Phi) is 13.0. The Labute approximate surface area is 346 Å². The molecule has 3 saturated heterocycles. The number of urea groups is 1. The molecule has 0 saturated carbocycles. The number of benzene rings is 2. The predicted octanol–water partition coefficient (Wildman–Crippen LogP) is 7.17. The fourth-order valence-corrected chi connectivity index (χ4v) is 8.35. The summed E-state index contributed by atoms with van der Waals surface area (Å²) in [5.74, 6) is -1.74. The van der Waals surface area contributed by atoms with Gasteiger partial charge in [-0.2, -0.15) is 4.39 Å². The molecule has 0 bridgehead atoms. The summed E-state index contributed by atoms with van der Waals surface area (Å²) in [6.07, 6.45) is -4.20. The van der Waals surface area contributed by atoms with E-state index in [9.17, 15) is 37.5 Å². The van der Waals surface area contributed by atoms with Crippen molar-refractivity contribution >= 4 is 29.6 Å². The van der Waals surface area contributed by atoms with Crippen LogP contribution in [-0.2, 0) is 9.59 Å². The highest BCUT2D eigenvalue weighted by atomic mass is 19.4. The van der Waals surface area contributed by atoms with Crippen LogP contribution >= 0.6 is 0 Å². The molecule has 1 aromatic heterocycles. The van der Waals surface area contributed by atoms with Crippen molar-refractivity contribution in [3.05, 3.63) is 54.2 Å². The molecule has 14 nitrogen and oxygen atoms in total. The first-order valence-corrected chi connectivity index (χ1v) is 20.3. The maximum absolute atomic E-state index is 15.5. The minimum atomic E-state index is -5.04. The van der Waals surface area contributed by atoms with E-state index in [0.717, 1.165) is 18.9 Å². The maximum Gasteiger partial charge on any atom is 0.573 e. The van der Waals surface area contributed by atoms with E-state index in [2.05, 4.69) is 30.2 Å². The van der Waals surface area contributed by atoms with Crippen LogP contribution in [-0.4, -0.2) is 123 Å². The zero-order chi connectivity index (χ0) is 43.7. The van der Waals surface area contributed by atoms with Gasteiger partial charge in [-0.25, -0.2) is 14.6 Å². The third-order valence-electron chi connectivity index (χ3n) is 11.4. The number of likely N-dealkylation sites (tertiary alicyclic amines) is 2. The number of amides is 5. The van der Waals surface area contributed by atoms with Gasteiger partial charge in [0.2, 0.25) is 17.8 Å². The predicted molar refractivity (Wildman–Crippen MR) is 215 cm³/mol. The molecule has 18 heteroatoms. The zero-order valence-corrected chi connectivity index (χ0v) is 34.7. The van der Waals surface area contributed by atoms with Crippen molar-refractivity contribution in [1.82, 2.24) is 34.9 Å². The highest BCUT2D eigenvalue weighted by Gasteiger charge is 2.41. The number of piperidine rings is 1. The van der Waals surface area contributed by atoms with Gasteiger partial charge < -0.3 is 40.2 Å². The molecule has 326 valence electrons. The van der Waals surface area contributed by atoms with E-state index in [0.29, 0.717) is 69.4 Å². The van der Waals surface area contributed by atoms with Gasteiger partial charge in [-0.1, -0.05) is 65.8 Å². The summed E-state index contributed by atoms with van der Waals surface area (Å²) < 4.78 is 60.9. The number of H-pyrrole nitrogens is 1. The number of hydrogen-bond acceptors (Lipinski definition) is 7. The van der Waals surface area contributed by atoms with Crippen LogP contribution in [0.15, 0.2) is 42.5 Å². The Morgan fingerprint density at radius 3 is 2.13 bits per heavy atom. The van der Waals surface area contributed by atoms with E-state index in [1.165, 1.54) is 41.3 Å². The summed E-state index contributed by atoms with van der Waals surface area (Å²) in [5.41, 5.74) is 0.337. The minimum Gasteiger partial charge on any atom is -0.465 e. The molecule has 3 aliphatic rings. The molecular formula is C42H54F4N8O6. The van der Waals surface area contributed by atoms with E-state index < -0.39 is 53.6 Å². The van der Waals surface area contributed by atoms with Crippen LogP contribution in [0.5, 0.6) is 5.75 Å². The fraction of sp³-hybridized carbons (Fsp3) is 0.548. The number of aromatic nitrogens is 2. The quantitative estimate of drug-likeness (QED) is 0.165. The lowest BCUT2D eigenvalue weighted by Crippen LogP contribution is -2.56. The molecule has 2 aromatic carbocycles. The van der Waals surface area contributed by atoms with E-state index in [1.54, 1.807) is 18.7 Å². The monoisotopic (exact) mass is 842 g/mol. The number of piperazine rings is 1. The van der Waals surface area contributed by atoms with Gasteiger partial charge in [0, 0.05) is 80.2 Å². The number of carbonyl (C=O) groups is 4. The first-order valence-electron chi connectivity index (χ1n) is 20.3. The number of carbonyl (C=O) groups excluding carboxylic acids is 3. The van der Waals surface area contributed by atoms with Crippen LogP contribution in [0.4, 0.5) is 32.8 Å². The average Bonchev–Trinajstić information content (AvgIpc) is 3.77. The molecule has 60 heavy (non-hydrogen) atoms. The van der Waals surface area contributed by atoms with Gasteiger partial charge in [0.15, 0.2) is 0 Å². The van der Waals surface area contributed by atoms with Gasteiger partial charge in [0.05, 0.1) is 6.04 Å².